The smallest absolute Gasteiger partial charge is 0.119 e. The molecule has 0 heterocycles. The Morgan fingerprint density at radius 3 is 2.23 bits per heavy atom. The van der Waals surface area contributed by atoms with Gasteiger partial charge in [-0.05, 0) is 25.0 Å². The average molecular weight is 311 g/mol. The molecule has 0 spiro atoms. The molecule has 1 aromatic carbocycles. The molecule has 0 saturated carbocycles. The molecule has 0 atom stereocenters. The maximum Gasteiger partial charge on any atom is 0.119 e. The van der Waals surface area contributed by atoms with Crippen LogP contribution >= 0.6 is 0 Å². The molecule has 5 nitrogen and oxygen atoms in total. The fraction of sp³-hybridized carbons (Fsp3) is 0.647. The van der Waals surface area contributed by atoms with Crippen LogP contribution in [0.25, 0.3) is 0 Å². The van der Waals surface area contributed by atoms with E-state index in [1.165, 1.54) is 0 Å². The molecule has 1 aromatic rings. The highest BCUT2D eigenvalue weighted by Crippen LogP contribution is 2.12. The second-order valence-electron chi connectivity index (χ2n) is 5.62. The number of benzene rings is 1. The summed E-state index contributed by atoms with van der Waals surface area (Å²) in [5, 5.41) is 18.1. The molecule has 0 fully saturated rings. The number of ether oxygens (including phenoxy) is 2. The lowest BCUT2D eigenvalue weighted by Crippen LogP contribution is -2.47. The van der Waals surface area contributed by atoms with E-state index in [-0.39, 0.29) is 13.2 Å². The fourth-order valence-electron chi connectivity index (χ4n) is 2.08. The van der Waals surface area contributed by atoms with Gasteiger partial charge in [-0.2, -0.15) is 0 Å². The monoisotopic (exact) mass is 311 g/mol. The van der Waals surface area contributed by atoms with Gasteiger partial charge in [0.25, 0.3) is 0 Å². The van der Waals surface area contributed by atoms with Crippen LogP contribution in [0.1, 0.15) is 32.1 Å². The van der Waals surface area contributed by atoms with Crippen LogP contribution in [-0.4, -0.2) is 48.8 Å². The Labute approximate surface area is 133 Å². The first-order chi connectivity index (χ1) is 10.7. The summed E-state index contributed by atoms with van der Waals surface area (Å²) in [4.78, 5) is 0. The van der Waals surface area contributed by atoms with Crippen LogP contribution < -0.4 is 10.5 Å². The third-order valence-electron chi connectivity index (χ3n) is 3.58. The SMILES string of the molecule is NC(CO)(CO)CCCCCCOCCOc1ccccc1. The number of hydrogen-bond acceptors (Lipinski definition) is 5. The quantitative estimate of drug-likeness (QED) is 0.483. The van der Waals surface area contributed by atoms with Crippen LogP contribution in [0.15, 0.2) is 30.3 Å². The van der Waals surface area contributed by atoms with E-state index in [2.05, 4.69) is 0 Å². The third-order valence-corrected chi connectivity index (χ3v) is 3.58. The lowest BCUT2D eigenvalue weighted by Gasteiger charge is -2.24. The van der Waals surface area contributed by atoms with E-state index in [1.807, 2.05) is 30.3 Å². The van der Waals surface area contributed by atoms with Gasteiger partial charge in [0.2, 0.25) is 0 Å². The van der Waals surface area contributed by atoms with E-state index in [4.69, 9.17) is 25.4 Å². The van der Waals surface area contributed by atoms with Crippen LogP contribution in [0.4, 0.5) is 0 Å². The Morgan fingerprint density at radius 2 is 1.55 bits per heavy atom. The van der Waals surface area contributed by atoms with Crippen molar-refractivity contribution in [1.82, 2.24) is 0 Å². The van der Waals surface area contributed by atoms with Crippen LogP contribution in [0.3, 0.4) is 0 Å². The zero-order chi connectivity index (χ0) is 16.1. The average Bonchev–Trinajstić information content (AvgIpc) is 2.57. The summed E-state index contributed by atoms with van der Waals surface area (Å²) >= 11 is 0. The van der Waals surface area contributed by atoms with E-state index in [1.54, 1.807) is 0 Å². The van der Waals surface area contributed by atoms with Gasteiger partial charge in [-0.25, -0.2) is 0 Å². The minimum atomic E-state index is -0.828. The maximum absolute atomic E-state index is 9.07. The van der Waals surface area contributed by atoms with Crippen LogP contribution in [-0.2, 0) is 4.74 Å². The van der Waals surface area contributed by atoms with Crippen LogP contribution in [0, 0.1) is 0 Å². The summed E-state index contributed by atoms with van der Waals surface area (Å²) in [5.41, 5.74) is 4.97. The molecule has 0 unspecified atom stereocenters. The second-order valence-corrected chi connectivity index (χ2v) is 5.62. The lowest BCUT2D eigenvalue weighted by molar-refractivity contribution is 0.0959. The summed E-state index contributed by atoms with van der Waals surface area (Å²) in [6, 6.07) is 9.70. The minimum absolute atomic E-state index is 0.173. The number of aliphatic hydroxyl groups excluding tert-OH is 2. The van der Waals surface area contributed by atoms with Gasteiger partial charge in [0.05, 0.1) is 25.4 Å². The molecule has 0 aliphatic rings. The summed E-state index contributed by atoms with van der Waals surface area (Å²) in [7, 11) is 0. The standard InChI is InChI=1S/C17H29NO4/c18-17(14-19,15-20)10-6-1-2-7-11-21-12-13-22-16-8-4-3-5-9-16/h3-5,8-9,19-20H,1-2,6-7,10-15,18H2. The van der Waals surface area contributed by atoms with Gasteiger partial charge in [0, 0.05) is 6.61 Å². The molecule has 126 valence electrons. The Kier molecular flexibility index (Phi) is 9.82. The van der Waals surface area contributed by atoms with Gasteiger partial charge in [-0.1, -0.05) is 37.5 Å². The van der Waals surface area contributed by atoms with E-state index < -0.39 is 5.54 Å². The van der Waals surface area contributed by atoms with Crippen molar-refractivity contribution in [2.24, 2.45) is 5.73 Å². The number of aliphatic hydroxyl groups is 2. The zero-order valence-electron chi connectivity index (χ0n) is 13.2. The van der Waals surface area contributed by atoms with Crippen molar-refractivity contribution in [3.8, 4) is 5.75 Å². The molecule has 0 radical (unpaired) electrons. The number of rotatable bonds is 13. The van der Waals surface area contributed by atoms with Gasteiger partial charge in [-0.15, -0.1) is 0 Å². The first-order valence-corrected chi connectivity index (χ1v) is 7.96. The summed E-state index contributed by atoms with van der Waals surface area (Å²) in [6.07, 6.45) is 4.65. The van der Waals surface area contributed by atoms with Crippen molar-refractivity contribution in [2.75, 3.05) is 33.0 Å². The first-order valence-electron chi connectivity index (χ1n) is 7.96. The van der Waals surface area contributed by atoms with Crippen LogP contribution in [0.2, 0.25) is 0 Å². The molecule has 0 bridgehead atoms. The molecule has 5 heteroatoms. The fourth-order valence-corrected chi connectivity index (χ4v) is 2.08. The number of para-hydroxylation sites is 1. The molecular weight excluding hydrogens is 282 g/mol. The molecule has 0 aliphatic heterocycles. The van der Waals surface area contributed by atoms with Gasteiger partial charge < -0.3 is 25.4 Å². The Morgan fingerprint density at radius 1 is 0.864 bits per heavy atom. The highest BCUT2D eigenvalue weighted by atomic mass is 16.5. The van der Waals surface area contributed by atoms with Crippen molar-refractivity contribution < 1.29 is 19.7 Å². The Hall–Kier alpha value is -1.14. The normalized spacial score (nSPS) is 11.6. The van der Waals surface area contributed by atoms with Crippen molar-refractivity contribution in [3.05, 3.63) is 30.3 Å². The minimum Gasteiger partial charge on any atom is -0.491 e. The second kappa shape index (κ2) is 11.4. The molecule has 4 N–H and O–H groups in total. The third kappa shape index (κ3) is 8.34. The molecule has 0 aliphatic carbocycles. The Balaban J connectivity index is 1.88. The van der Waals surface area contributed by atoms with E-state index >= 15 is 0 Å². The molecule has 1 rings (SSSR count). The van der Waals surface area contributed by atoms with Gasteiger partial charge in [-0.3, -0.25) is 0 Å². The van der Waals surface area contributed by atoms with Crippen LogP contribution in [0.5, 0.6) is 5.75 Å². The Bertz CT molecular complexity index is 368. The summed E-state index contributed by atoms with van der Waals surface area (Å²) in [5.74, 6) is 0.865. The molecule has 0 amide bonds. The van der Waals surface area contributed by atoms with Crippen molar-refractivity contribution in [3.63, 3.8) is 0 Å². The van der Waals surface area contributed by atoms with Gasteiger partial charge in [0.15, 0.2) is 0 Å². The van der Waals surface area contributed by atoms with Crippen molar-refractivity contribution >= 4 is 0 Å². The van der Waals surface area contributed by atoms with Gasteiger partial charge in [0.1, 0.15) is 12.4 Å². The number of nitrogens with two attached hydrogens (primary N) is 1. The highest BCUT2D eigenvalue weighted by molar-refractivity contribution is 5.20. The maximum atomic E-state index is 9.07. The topological polar surface area (TPSA) is 84.9 Å². The largest absolute Gasteiger partial charge is 0.491 e. The van der Waals surface area contributed by atoms with Gasteiger partial charge >= 0.3 is 0 Å². The van der Waals surface area contributed by atoms with E-state index in [9.17, 15) is 0 Å². The summed E-state index contributed by atoms with van der Waals surface area (Å²) in [6.45, 7) is 1.54. The predicted octanol–water partition coefficient (Wildman–Crippen LogP) is 1.71. The molecule has 0 aromatic heterocycles. The number of unbranched alkanes of at least 4 members (excludes halogenated alkanes) is 3. The molecule has 22 heavy (non-hydrogen) atoms. The van der Waals surface area contributed by atoms with Crippen molar-refractivity contribution in [2.45, 2.75) is 37.6 Å². The first kappa shape index (κ1) is 18.9. The molecule has 0 saturated heterocycles. The zero-order valence-corrected chi connectivity index (χ0v) is 13.2. The number of hydrogen-bond donors (Lipinski definition) is 3. The van der Waals surface area contributed by atoms with E-state index in [0.717, 1.165) is 38.0 Å². The molecular formula is C17H29NO4. The lowest BCUT2D eigenvalue weighted by atomic mass is 9.95. The van der Waals surface area contributed by atoms with Crippen molar-refractivity contribution in [1.29, 1.82) is 0 Å². The summed E-state index contributed by atoms with van der Waals surface area (Å²) < 4.78 is 11.0. The van der Waals surface area contributed by atoms with E-state index in [0.29, 0.717) is 19.6 Å². The predicted molar refractivity (Wildman–Crippen MR) is 86.9 cm³/mol. The highest BCUT2D eigenvalue weighted by Gasteiger charge is 2.21.